The summed E-state index contributed by atoms with van der Waals surface area (Å²) in [4.78, 5) is 28.5. The van der Waals surface area contributed by atoms with Crippen molar-refractivity contribution < 1.29 is 22.7 Å². The van der Waals surface area contributed by atoms with E-state index in [2.05, 4.69) is 10.3 Å². The average molecular weight is 425 g/mol. The van der Waals surface area contributed by atoms with Gasteiger partial charge in [-0.2, -0.15) is 0 Å². The van der Waals surface area contributed by atoms with Crippen LogP contribution in [0.2, 0.25) is 0 Å². The van der Waals surface area contributed by atoms with Crippen LogP contribution in [0.3, 0.4) is 0 Å². The minimum atomic E-state index is -3.55. The molecule has 0 radical (unpaired) electrons. The Morgan fingerprint density at radius 1 is 1.31 bits per heavy atom. The summed E-state index contributed by atoms with van der Waals surface area (Å²) in [6.45, 7) is 4.00. The molecule has 1 heterocycles. The van der Waals surface area contributed by atoms with E-state index in [9.17, 15) is 18.0 Å². The molecule has 9 nitrogen and oxygen atoms in total. The normalized spacial score (nSPS) is 12.9. The first kappa shape index (κ1) is 22.8. The van der Waals surface area contributed by atoms with Gasteiger partial charge in [-0.25, -0.2) is 17.7 Å². The second kappa shape index (κ2) is 9.36. The first-order valence-corrected chi connectivity index (χ1v) is 10.9. The van der Waals surface area contributed by atoms with Crippen LogP contribution in [0.4, 0.5) is 0 Å². The van der Waals surface area contributed by atoms with Gasteiger partial charge in [-0.15, -0.1) is 0 Å². The molecule has 2 aromatic rings. The standard InChI is InChI=1S/C19H28N4O5S/c1-6-11-20-19(25)13(2)28-18(24)10-9-17-21-15-12-14(29(26,27)22(3)4)7-8-16(15)23(17)5/h7-8,12-13H,6,9-11H2,1-5H3,(H,20,25). The number of fused-ring (bicyclic) bond motifs is 1. The number of sulfonamides is 1. The summed E-state index contributed by atoms with van der Waals surface area (Å²) in [7, 11) is 1.19. The number of aromatic nitrogens is 2. The van der Waals surface area contributed by atoms with Gasteiger partial charge in [0.05, 0.1) is 22.3 Å². The van der Waals surface area contributed by atoms with Gasteiger partial charge < -0.3 is 14.6 Å². The molecule has 0 aliphatic heterocycles. The number of aryl methyl sites for hydroxylation is 2. The number of rotatable bonds is 9. The number of hydrogen-bond acceptors (Lipinski definition) is 6. The van der Waals surface area contributed by atoms with E-state index in [-0.39, 0.29) is 17.2 Å². The van der Waals surface area contributed by atoms with Crippen LogP contribution < -0.4 is 5.32 Å². The topological polar surface area (TPSA) is 111 Å². The van der Waals surface area contributed by atoms with E-state index >= 15 is 0 Å². The minimum Gasteiger partial charge on any atom is -0.453 e. The molecule has 2 rings (SSSR count). The number of esters is 1. The van der Waals surface area contributed by atoms with Crippen molar-refractivity contribution in [1.82, 2.24) is 19.2 Å². The highest BCUT2D eigenvalue weighted by Crippen LogP contribution is 2.22. The molecule has 10 heteroatoms. The zero-order chi connectivity index (χ0) is 21.8. The molecule has 160 valence electrons. The summed E-state index contributed by atoms with van der Waals surface area (Å²) in [5, 5.41) is 2.68. The van der Waals surface area contributed by atoms with E-state index in [0.717, 1.165) is 16.2 Å². The SMILES string of the molecule is CCCNC(=O)C(C)OC(=O)CCc1nc2cc(S(=O)(=O)N(C)C)ccc2n1C. The predicted molar refractivity (Wildman–Crippen MR) is 109 cm³/mol. The molecule has 0 saturated heterocycles. The summed E-state index contributed by atoms with van der Waals surface area (Å²) in [6.07, 6.45) is 0.318. The summed E-state index contributed by atoms with van der Waals surface area (Å²) in [5.41, 5.74) is 1.30. The molecular weight excluding hydrogens is 396 g/mol. The lowest BCUT2D eigenvalue weighted by Gasteiger charge is -2.13. The van der Waals surface area contributed by atoms with Crippen LogP contribution in [-0.2, 0) is 37.8 Å². The maximum Gasteiger partial charge on any atom is 0.307 e. The van der Waals surface area contributed by atoms with Gasteiger partial charge in [-0.3, -0.25) is 9.59 Å². The molecule has 0 spiro atoms. The molecule has 29 heavy (non-hydrogen) atoms. The molecule has 0 aliphatic rings. The third-order valence-corrected chi connectivity index (χ3v) is 6.31. The highest BCUT2D eigenvalue weighted by molar-refractivity contribution is 7.89. The zero-order valence-corrected chi connectivity index (χ0v) is 18.2. The molecule has 0 bridgehead atoms. The van der Waals surface area contributed by atoms with Crippen molar-refractivity contribution in [3.8, 4) is 0 Å². The van der Waals surface area contributed by atoms with Crippen molar-refractivity contribution in [3.05, 3.63) is 24.0 Å². The van der Waals surface area contributed by atoms with E-state index < -0.39 is 22.1 Å². The number of amides is 1. The summed E-state index contributed by atoms with van der Waals surface area (Å²) >= 11 is 0. The van der Waals surface area contributed by atoms with Gasteiger partial charge in [-0.1, -0.05) is 6.92 Å². The number of hydrogen-bond donors (Lipinski definition) is 1. The zero-order valence-electron chi connectivity index (χ0n) is 17.4. The van der Waals surface area contributed by atoms with Gasteiger partial charge in [0.2, 0.25) is 10.0 Å². The fourth-order valence-electron chi connectivity index (χ4n) is 2.74. The van der Waals surface area contributed by atoms with Crippen LogP contribution in [0.1, 0.15) is 32.5 Å². The van der Waals surface area contributed by atoms with E-state index in [0.29, 0.717) is 24.3 Å². The number of ether oxygens (including phenoxy) is 1. The number of nitrogens with zero attached hydrogens (tertiary/aromatic N) is 3. The number of carbonyl (C=O) groups excluding carboxylic acids is 2. The Kier molecular flexibility index (Phi) is 7.37. The first-order chi connectivity index (χ1) is 13.6. The fourth-order valence-corrected chi connectivity index (χ4v) is 3.66. The van der Waals surface area contributed by atoms with E-state index in [4.69, 9.17) is 4.74 Å². The molecule has 1 amide bonds. The Morgan fingerprint density at radius 3 is 2.62 bits per heavy atom. The highest BCUT2D eigenvalue weighted by atomic mass is 32.2. The van der Waals surface area contributed by atoms with E-state index in [1.54, 1.807) is 13.1 Å². The molecule has 0 fully saturated rings. The maximum absolute atomic E-state index is 12.3. The third kappa shape index (κ3) is 5.33. The van der Waals surface area contributed by atoms with Crippen molar-refractivity contribution in [2.75, 3.05) is 20.6 Å². The monoisotopic (exact) mass is 424 g/mol. The van der Waals surface area contributed by atoms with Crippen molar-refractivity contribution >= 4 is 32.9 Å². The quantitative estimate of drug-likeness (QED) is 0.606. The van der Waals surface area contributed by atoms with Crippen molar-refractivity contribution in [2.24, 2.45) is 7.05 Å². The van der Waals surface area contributed by atoms with E-state index in [1.165, 1.54) is 33.2 Å². The Morgan fingerprint density at radius 2 is 2.00 bits per heavy atom. The minimum absolute atomic E-state index is 0.0609. The number of carbonyl (C=O) groups is 2. The molecule has 0 saturated carbocycles. The first-order valence-electron chi connectivity index (χ1n) is 9.43. The van der Waals surface area contributed by atoms with Gasteiger partial charge in [0.1, 0.15) is 5.82 Å². The van der Waals surface area contributed by atoms with Gasteiger partial charge in [0, 0.05) is 34.1 Å². The summed E-state index contributed by atoms with van der Waals surface area (Å²) < 4.78 is 32.7. The van der Waals surface area contributed by atoms with Gasteiger partial charge in [0.25, 0.3) is 5.91 Å². The summed E-state index contributed by atoms with van der Waals surface area (Å²) in [5.74, 6) is -0.191. The molecule has 1 atom stereocenters. The third-order valence-electron chi connectivity index (χ3n) is 4.50. The lowest BCUT2D eigenvalue weighted by Crippen LogP contribution is -2.36. The second-order valence-electron chi connectivity index (χ2n) is 6.95. The van der Waals surface area contributed by atoms with Crippen molar-refractivity contribution in [1.29, 1.82) is 0 Å². The van der Waals surface area contributed by atoms with Gasteiger partial charge in [0.15, 0.2) is 6.10 Å². The number of benzene rings is 1. The summed E-state index contributed by atoms with van der Waals surface area (Å²) in [6, 6.07) is 4.75. The lowest BCUT2D eigenvalue weighted by atomic mass is 10.3. The number of imidazole rings is 1. The van der Waals surface area contributed by atoms with Crippen molar-refractivity contribution in [2.45, 2.75) is 44.1 Å². The Labute approximate surface area is 171 Å². The Hall–Kier alpha value is -2.46. The molecule has 1 aromatic carbocycles. The molecule has 1 unspecified atom stereocenters. The van der Waals surface area contributed by atoms with E-state index in [1.807, 2.05) is 11.5 Å². The highest BCUT2D eigenvalue weighted by Gasteiger charge is 2.20. The smallest absolute Gasteiger partial charge is 0.307 e. The van der Waals surface area contributed by atoms with Gasteiger partial charge >= 0.3 is 5.97 Å². The molecule has 0 aliphatic carbocycles. The molecule has 1 N–H and O–H groups in total. The van der Waals surface area contributed by atoms with Crippen LogP contribution >= 0.6 is 0 Å². The predicted octanol–water partition coefficient (Wildman–Crippen LogP) is 1.21. The molecular formula is C19H28N4O5S. The van der Waals surface area contributed by atoms with Crippen LogP contribution in [0.25, 0.3) is 11.0 Å². The maximum atomic E-state index is 12.3. The lowest BCUT2D eigenvalue weighted by molar-refractivity contribution is -0.154. The molecule has 1 aromatic heterocycles. The van der Waals surface area contributed by atoms with Crippen LogP contribution in [0, 0.1) is 0 Å². The van der Waals surface area contributed by atoms with Crippen LogP contribution in [-0.4, -0.2) is 60.9 Å². The van der Waals surface area contributed by atoms with Gasteiger partial charge in [-0.05, 0) is 31.5 Å². The fraction of sp³-hybridized carbons (Fsp3) is 0.526. The van der Waals surface area contributed by atoms with Crippen molar-refractivity contribution in [3.63, 3.8) is 0 Å². The Bertz CT molecular complexity index is 997. The largest absolute Gasteiger partial charge is 0.453 e. The second-order valence-corrected chi connectivity index (χ2v) is 9.10. The van der Waals surface area contributed by atoms with Crippen LogP contribution in [0.15, 0.2) is 23.1 Å². The number of nitrogens with one attached hydrogen (secondary N) is 1. The average Bonchev–Trinajstić information content (AvgIpc) is 2.99. The Balaban J connectivity index is 2.08. The van der Waals surface area contributed by atoms with Crippen LogP contribution in [0.5, 0.6) is 0 Å².